The highest BCUT2D eigenvalue weighted by Gasteiger charge is 2.27. The molecule has 1 aliphatic heterocycles. The number of carbonyl (C=O) groups is 2. The number of carbonyl (C=O) groups excluding carboxylic acids is 2. The van der Waals surface area contributed by atoms with E-state index in [1.54, 1.807) is 54.7 Å². The lowest BCUT2D eigenvalue weighted by atomic mass is 9.99. The van der Waals surface area contributed by atoms with Crippen LogP contribution >= 0.6 is 23.2 Å². The number of ketones is 1. The van der Waals surface area contributed by atoms with Gasteiger partial charge in [0.15, 0.2) is 5.78 Å². The largest absolute Gasteiger partial charge is 0.471 e. The highest BCUT2D eigenvalue weighted by Crippen LogP contribution is 2.30. The van der Waals surface area contributed by atoms with Gasteiger partial charge in [-0.25, -0.2) is 4.98 Å². The molecule has 1 aromatic heterocycles. The molecular weight excluding hydrogens is 435 g/mol. The molecule has 0 spiro atoms. The van der Waals surface area contributed by atoms with E-state index in [1.165, 1.54) is 0 Å². The predicted octanol–water partition coefficient (Wildman–Crippen LogP) is 5.02. The van der Waals surface area contributed by atoms with E-state index in [4.69, 9.17) is 27.9 Å². The molecule has 158 valence electrons. The molecule has 0 saturated carbocycles. The van der Waals surface area contributed by atoms with Gasteiger partial charge in [0, 0.05) is 47.4 Å². The third-order valence-electron chi connectivity index (χ3n) is 5.24. The lowest BCUT2D eigenvalue weighted by Crippen LogP contribution is -2.26. The highest BCUT2D eigenvalue weighted by molar-refractivity contribution is 6.31. The van der Waals surface area contributed by atoms with Gasteiger partial charge in [-0.15, -0.1) is 0 Å². The number of aldehydes is 1. The third-order valence-corrected chi connectivity index (χ3v) is 5.78. The molecule has 0 N–H and O–H groups in total. The van der Waals surface area contributed by atoms with Crippen LogP contribution in [-0.2, 0) is 11.2 Å². The lowest BCUT2D eigenvalue weighted by Gasteiger charge is -2.22. The van der Waals surface area contributed by atoms with E-state index in [-0.39, 0.29) is 18.3 Å². The minimum Gasteiger partial charge on any atom is -0.471 e. The van der Waals surface area contributed by atoms with Gasteiger partial charge in [-0.1, -0.05) is 23.2 Å². The van der Waals surface area contributed by atoms with Crippen LogP contribution in [0.1, 0.15) is 27.9 Å². The Morgan fingerprint density at radius 2 is 1.90 bits per heavy atom. The maximum atomic E-state index is 12.8. The molecule has 0 amide bonds. The molecule has 0 aliphatic carbocycles. The molecule has 1 aliphatic rings. The van der Waals surface area contributed by atoms with Crippen molar-refractivity contribution in [2.24, 2.45) is 0 Å². The quantitative estimate of drug-likeness (QED) is 0.370. The molecular formula is C24H20Cl2N2O3. The van der Waals surface area contributed by atoms with Crippen molar-refractivity contribution in [2.75, 3.05) is 18.0 Å². The summed E-state index contributed by atoms with van der Waals surface area (Å²) in [6.07, 6.45) is 3.47. The van der Waals surface area contributed by atoms with Gasteiger partial charge >= 0.3 is 0 Å². The second-order valence-electron chi connectivity index (χ2n) is 7.32. The molecule has 2 heterocycles. The van der Waals surface area contributed by atoms with Crippen molar-refractivity contribution in [2.45, 2.75) is 18.9 Å². The van der Waals surface area contributed by atoms with Crippen molar-refractivity contribution in [3.8, 4) is 5.88 Å². The average Bonchev–Trinajstić information content (AvgIpc) is 3.24. The predicted molar refractivity (Wildman–Crippen MR) is 122 cm³/mol. The molecule has 0 radical (unpaired) electrons. The number of ether oxygens (including phenoxy) is 1. The maximum absolute atomic E-state index is 12.8. The first-order valence-electron chi connectivity index (χ1n) is 9.94. The normalized spacial score (nSPS) is 15.7. The highest BCUT2D eigenvalue weighted by atomic mass is 35.5. The minimum absolute atomic E-state index is 0.0631. The number of rotatable bonds is 7. The molecule has 0 bridgehead atoms. The van der Waals surface area contributed by atoms with Gasteiger partial charge in [0.25, 0.3) is 0 Å². The zero-order valence-corrected chi connectivity index (χ0v) is 18.1. The van der Waals surface area contributed by atoms with Crippen molar-refractivity contribution in [3.63, 3.8) is 0 Å². The number of hydrogen-bond donors (Lipinski definition) is 0. The zero-order chi connectivity index (χ0) is 21.8. The van der Waals surface area contributed by atoms with E-state index in [0.29, 0.717) is 33.6 Å². The Bertz CT molecular complexity index is 1100. The summed E-state index contributed by atoms with van der Waals surface area (Å²) < 4.78 is 5.97. The molecule has 3 aromatic rings. The summed E-state index contributed by atoms with van der Waals surface area (Å²) in [6, 6.07) is 15.8. The third kappa shape index (κ3) is 4.89. The lowest BCUT2D eigenvalue weighted by molar-refractivity contribution is -0.107. The Hall–Kier alpha value is -2.89. The second-order valence-corrected chi connectivity index (χ2v) is 8.16. The number of benzene rings is 2. The van der Waals surface area contributed by atoms with Gasteiger partial charge in [0.1, 0.15) is 17.4 Å². The Labute approximate surface area is 190 Å². The van der Waals surface area contributed by atoms with Crippen molar-refractivity contribution in [1.82, 2.24) is 4.98 Å². The first kappa shape index (κ1) is 21.3. The smallest absolute Gasteiger partial charge is 0.232 e. The molecule has 31 heavy (non-hydrogen) atoms. The summed E-state index contributed by atoms with van der Waals surface area (Å²) in [5.41, 5.74) is 2.83. The van der Waals surface area contributed by atoms with Crippen molar-refractivity contribution in [1.29, 1.82) is 0 Å². The number of halogens is 2. The maximum Gasteiger partial charge on any atom is 0.232 e. The van der Waals surface area contributed by atoms with Crippen molar-refractivity contribution >= 4 is 41.0 Å². The summed E-state index contributed by atoms with van der Waals surface area (Å²) >= 11 is 12.1. The molecule has 1 atom stereocenters. The van der Waals surface area contributed by atoms with Crippen LogP contribution in [0.3, 0.4) is 0 Å². The summed E-state index contributed by atoms with van der Waals surface area (Å²) in [7, 11) is 0. The topological polar surface area (TPSA) is 59.5 Å². The Morgan fingerprint density at radius 3 is 2.65 bits per heavy atom. The van der Waals surface area contributed by atoms with Gasteiger partial charge in [-0.3, -0.25) is 4.79 Å². The van der Waals surface area contributed by atoms with Gasteiger partial charge in [-0.2, -0.15) is 0 Å². The number of pyridine rings is 1. The van der Waals surface area contributed by atoms with E-state index in [0.717, 1.165) is 30.5 Å². The Kier molecular flexibility index (Phi) is 6.54. The van der Waals surface area contributed by atoms with Gasteiger partial charge in [0.2, 0.25) is 5.88 Å². The van der Waals surface area contributed by atoms with Crippen LogP contribution in [0.2, 0.25) is 10.0 Å². The van der Waals surface area contributed by atoms with Crippen molar-refractivity contribution in [3.05, 3.63) is 87.5 Å². The number of hydrogen-bond acceptors (Lipinski definition) is 5. The Morgan fingerprint density at radius 1 is 1.13 bits per heavy atom. The van der Waals surface area contributed by atoms with Gasteiger partial charge < -0.3 is 14.4 Å². The first-order valence-corrected chi connectivity index (χ1v) is 10.7. The van der Waals surface area contributed by atoms with E-state index < -0.39 is 0 Å². The van der Waals surface area contributed by atoms with Crippen LogP contribution in [0.5, 0.6) is 5.88 Å². The average molecular weight is 455 g/mol. The summed E-state index contributed by atoms with van der Waals surface area (Å²) in [5.74, 6) is 0.316. The standard InChI is InChI=1S/C24H20Cl2N2O3/c25-19-6-3-16(4-7-19)23(30)18-5-8-22(17(14-18)10-13-29)28-12-9-20(15-28)31-24-21(26)2-1-11-27-24/h1-8,11,13-14,20H,9-10,12,15H2/t20-/m0/s1. The fourth-order valence-corrected chi connectivity index (χ4v) is 4.01. The molecule has 5 nitrogen and oxygen atoms in total. The molecule has 2 aromatic carbocycles. The van der Waals surface area contributed by atoms with Gasteiger partial charge in [0.05, 0.1) is 6.54 Å². The fourth-order valence-electron chi connectivity index (χ4n) is 3.72. The van der Waals surface area contributed by atoms with Crippen LogP contribution < -0.4 is 9.64 Å². The molecule has 1 saturated heterocycles. The number of nitrogens with zero attached hydrogens (tertiary/aromatic N) is 2. The first-order chi connectivity index (χ1) is 15.0. The molecule has 7 heteroatoms. The fraction of sp³-hybridized carbons (Fsp3) is 0.208. The SMILES string of the molecule is O=CCc1cc(C(=O)c2ccc(Cl)cc2)ccc1N1CC[C@H](Oc2ncccc2Cl)C1. The minimum atomic E-state index is -0.109. The zero-order valence-electron chi connectivity index (χ0n) is 16.6. The Balaban J connectivity index is 1.53. The molecule has 4 rings (SSSR count). The monoisotopic (exact) mass is 454 g/mol. The van der Waals surface area contributed by atoms with Crippen LogP contribution in [0.4, 0.5) is 5.69 Å². The van der Waals surface area contributed by atoms with Crippen molar-refractivity contribution < 1.29 is 14.3 Å². The van der Waals surface area contributed by atoms with E-state index in [9.17, 15) is 9.59 Å². The number of aromatic nitrogens is 1. The molecule has 0 unspecified atom stereocenters. The second kappa shape index (κ2) is 9.50. The van der Waals surface area contributed by atoms with Crippen LogP contribution in [-0.4, -0.2) is 36.2 Å². The molecule has 1 fully saturated rings. The van der Waals surface area contributed by atoms with E-state index >= 15 is 0 Å². The summed E-state index contributed by atoms with van der Waals surface area (Å²) in [5, 5.41) is 1.05. The van der Waals surface area contributed by atoms with E-state index in [2.05, 4.69) is 9.88 Å². The summed E-state index contributed by atoms with van der Waals surface area (Å²) in [4.78, 5) is 30.5. The number of anilines is 1. The van der Waals surface area contributed by atoms with E-state index in [1.807, 2.05) is 6.07 Å². The van der Waals surface area contributed by atoms with Crippen LogP contribution in [0.15, 0.2) is 60.8 Å². The van der Waals surface area contributed by atoms with Gasteiger partial charge in [-0.05, 0) is 60.2 Å². The van der Waals surface area contributed by atoms with Crippen LogP contribution in [0, 0.1) is 0 Å². The van der Waals surface area contributed by atoms with Crippen LogP contribution in [0.25, 0.3) is 0 Å². The summed E-state index contributed by atoms with van der Waals surface area (Å²) in [6.45, 7) is 1.41.